The van der Waals surface area contributed by atoms with Crippen LogP contribution in [0, 0.1) is 11.7 Å². The van der Waals surface area contributed by atoms with Gasteiger partial charge in [0.1, 0.15) is 5.82 Å². The van der Waals surface area contributed by atoms with E-state index >= 15 is 0 Å². The minimum Gasteiger partial charge on any atom is -0.271 e. The van der Waals surface area contributed by atoms with Crippen LogP contribution in [0.25, 0.3) is 0 Å². The molecule has 3 N–H and O–H groups in total. The number of benzene rings is 1. The topological polar surface area (TPSA) is 38.0 Å². The van der Waals surface area contributed by atoms with Gasteiger partial charge < -0.3 is 0 Å². The molecule has 0 bridgehead atoms. The number of rotatable bonds is 3. The van der Waals surface area contributed by atoms with E-state index in [0.29, 0.717) is 0 Å². The van der Waals surface area contributed by atoms with Crippen LogP contribution in [0.4, 0.5) is 17.6 Å². The molecule has 6 heteroatoms. The summed E-state index contributed by atoms with van der Waals surface area (Å²) in [7, 11) is 0. The highest BCUT2D eigenvalue weighted by Crippen LogP contribution is 2.39. The quantitative estimate of drug-likeness (QED) is 0.503. The summed E-state index contributed by atoms with van der Waals surface area (Å²) in [6, 6.07) is 2.78. The van der Waals surface area contributed by atoms with Crippen LogP contribution >= 0.6 is 0 Å². The van der Waals surface area contributed by atoms with Crippen molar-refractivity contribution in [3.05, 3.63) is 35.1 Å². The summed E-state index contributed by atoms with van der Waals surface area (Å²) < 4.78 is 52.1. The predicted octanol–water partition coefficient (Wildman–Crippen LogP) is 3.54. The van der Waals surface area contributed by atoms with Crippen molar-refractivity contribution in [2.75, 3.05) is 0 Å². The molecular weight excluding hydrogens is 260 g/mol. The molecule has 1 saturated carbocycles. The maximum atomic E-state index is 14.0. The average molecular weight is 276 g/mol. The molecule has 19 heavy (non-hydrogen) atoms. The number of hydrazine groups is 1. The molecule has 1 unspecified atom stereocenters. The summed E-state index contributed by atoms with van der Waals surface area (Å²) >= 11 is 0. The van der Waals surface area contributed by atoms with Gasteiger partial charge in [-0.25, -0.2) is 4.39 Å². The molecule has 1 aromatic rings. The molecule has 1 aromatic carbocycles. The smallest absolute Gasteiger partial charge is 0.271 e. The van der Waals surface area contributed by atoms with Crippen LogP contribution < -0.4 is 11.3 Å². The number of nitrogens with two attached hydrogens (primary N) is 1. The van der Waals surface area contributed by atoms with Crippen LogP contribution in [0.1, 0.15) is 42.9 Å². The fourth-order valence-electron chi connectivity index (χ4n) is 2.78. The standard InChI is InChI=1S/C13H16F4N2/c14-11-9(6-3-7-10(11)13(15,16)17)12(19-18)8-4-1-2-5-8/h3,6-8,12,19H,1-2,4-5,18H2. The van der Waals surface area contributed by atoms with Crippen molar-refractivity contribution in [3.63, 3.8) is 0 Å². The summed E-state index contributed by atoms with van der Waals surface area (Å²) in [5, 5.41) is 0. The summed E-state index contributed by atoms with van der Waals surface area (Å²) in [6.07, 6.45) is -0.975. The zero-order chi connectivity index (χ0) is 14.0. The second kappa shape index (κ2) is 5.46. The third-order valence-electron chi connectivity index (χ3n) is 3.72. The minimum atomic E-state index is -4.69. The average Bonchev–Trinajstić information content (AvgIpc) is 2.84. The van der Waals surface area contributed by atoms with Gasteiger partial charge >= 0.3 is 6.18 Å². The number of alkyl halides is 3. The first-order chi connectivity index (χ1) is 8.95. The van der Waals surface area contributed by atoms with E-state index in [1.165, 1.54) is 12.1 Å². The third kappa shape index (κ3) is 2.90. The Balaban J connectivity index is 2.38. The minimum absolute atomic E-state index is 0.00391. The van der Waals surface area contributed by atoms with E-state index in [4.69, 9.17) is 5.84 Å². The van der Waals surface area contributed by atoms with E-state index < -0.39 is 23.6 Å². The third-order valence-corrected chi connectivity index (χ3v) is 3.72. The van der Waals surface area contributed by atoms with Gasteiger partial charge in [-0.3, -0.25) is 11.3 Å². The molecule has 1 fully saturated rings. The molecule has 0 heterocycles. The van der Waals surface area contributed by atoms with Crippen molar-refractivity contribution in [3.8, 4) is 0 Å². The number of halogens is 4. The largest absolute Gasteiger partial charge is 0.419 e. The predicted molar refractivity (Wildman–Crippen MR) is 63.4 cm³/mol. The van der Waals surface area contributed by atoms with Gasteiger partial charge in [-0.05, 0) is 24.8 Å². The van der Waals surface area contributed by atoms with Gasteiger partial charge in [0.25, 0.3) is 0 Å². The van der Waals surface area contributed by atoms with Gasteiger partial charge in [0.05, 0.1) is 11.6 Å². The van der Waals surface area contributed by atoms with Crippen LogP contribution in [-0.4, -0.2) is 0 Å². The SMILES string of the molecule is NNC(c1cccc(C(F)(F)F)c1F)C1CCCC1. The lowest BCUT2D eigenvalue weighted by Crippen LogP contribution is -2.33. The van der Waals surface area contributed by atoms with Crippen LogP contribution in [0.2, 0.25) is 0 Å². The van der Waals surface area contributed by atoms with Crippen LogP contribution in [0.5, 0.6) is 0 Å². The second-order valence-corrected chi connectivity index (χ2v) is 4.90. The van der Waals surface area contributed by atoms with E-state index in [-0.39, 0.29) is 11.5 Å². The van der Waals surface area contributed by atoms with Gasteiger partial charge in [-0.2, -0.15) is 13.2 Å². The Morgan fingerprint density at radius 3 is 2.37 bits per heavy atom. The summed E-state index contributed by atoms with van der Waals surface area (Å²) in [4.78, 5) is 0. The molecular formula is C13H16F4N2. The first-order valence-electron chi connectivity index (χ1n) is 6.27. The van der Waals surface area contributed by atoms with Crippen molar-refractivity contribution in [1.82, 2.24) is 5.43 Å². The Hall–Kier alpha value is -1.14. The van der Waals surface area contributed by atoms with Gasteiger partial charge in [-0.15, -0.1) is 0 Å². The molecule has 0 saturated heterocycles. The van der Waals surface area contributed by atoms with Crippen molar-refractivity contribution in [2.24, 2.45) is 11.8 Å². The lowest BCUT2D eigenvalue weighted by Gasteiger charge is -2.24. The number of nitrogens with one attached hydrogen (secondary N) is 1. The van der Waals surface area contributed by atoms with E-state index in [1.54, 1.807) is 0 Å². The molecule has 0 radical (unpaired) electrons. The Kier molecular flexibility index (Phi) is 4.10. The van der Waals surface area contributed by atoms with Crippen LogP contribution in [0.15, 0.2) is 18.2 Å². The molecule has 0 amide bonds. The van der Waals surface area contributed by atoms with Crippen LogP contribution in [-0.2, 0) is 6.18 Å². The first kappa shape index (κ1) is 14.3. The Labute approximate surface area is 109 Å². The first-order valence-corrected chi connectivity index (χ1v) is 6.27. The fraction of sp³-hybridized carbons (Fsp3) is 0.538. The number of hydrogen-bond acceptors (Lipinski definition) is 2. The Morgan fingerprint density at radius 2 is 1.84 bits per heavy atom. The monoisotopic (exact) mass is 276 g/mol. The normalized spacial score (nSPS) is 18.8. The van der Waals surface area contributed by atoms with Gasteiger partial charge in [0, 0.05) is 5.56 Å². The van der Waals surface area contributed by atoms with Gasteiger partial charge in [-0.1, -0.05) is 25.0 Å². The molecule has 106 valence electrons. The fourth-order valence-corrected chi connectivity index (χ4v) is 2.78. The lowest BCUT2D eigenvalue weighted by atomic mass is 9.90. The zero-order valence-electron chi connectivity index (χ0n) is 10.3. The maximum absolute atomic E-state index is 14.0. The maximum Gasteiger partial charge on any atom is 0.419 e. The molecule has 0 spiro atoms. The van der Waals surface area contributed by atoms with E-state index in [1.807, 2.05) is 0 Å². The Bertz CT molecular complexity index is 439. The van der Waals surface area contributed by atoms with Gasteiger partial charge in [0.2, 0.25) is 0 Å². The van der Waals surface area contributed by atoms with Crippen molar-refractivity contribution < 1.29 is 17.6 Å². The number of hydrogen-bond donors (Lipinski definition) is 2. The molecule has 2 rings (SSSR count). The molecule has 1 aliphatic rings. The second-order valence-electron chi connectivity index (χ2n) is 4.90. The summed E-state index contributed by atoms with van der Waals surface area (Å²) in [5.74, 6) is 4.28. The van der Waals surface area contributed by atoms with Crippen molar-refractivity contribution in [2.45, 2.75) is 37.9 Å². The lowest BCUT2D eigenvalue weighted by molar-refractivity contribution is -0.140. The van der Waals surface area contributed by atoms with Crippen molar-refractivity contribution >= 4 is 0 Å². The van der Waals surface area contributed by atoms with E-state index in [0.717, 1.165) is 31.7 Å². The summed E-state index contributed by atoms with van der Waals surface area (Å²) in [6.45, 7) is 0. The van der Waals surface area contributed by atoms with Gasteiger partial charge in [0.15, 0.2) is 0 Å². The van der Waals surface area contributed by atoms with Crippen LogP contribution in [0.3, 0.4) is 0 Å². The molecule has 1 aliphatic carbocycles. The highest BCUT2D eigenvalue weighted by molar-refractivity contribution is 5.31. The molecule has 1 atom stereocenters. The Morgan fingerprint density at radius 1 is 1.21 bits per heavy atom. The molecule has 2 nitrogen and oxygen atoms in total. The zero-order valence-corrected chi connectivity index (χ0v) is 10.3. The molecule has 0 aromatic heterocycles. The highest BCUT2D eigenvalue weighted by atomic mass is 19.4. The molecule has 0 aliphatic heterocycles. The van der Waals surface area contributed by atoms with E-state index in [2.05, 4.69) is 5.43 Å². The van der Waals surface area contributed by atoms with Crippen molar-refractivity contribution in [1.29, 1.82) is 0 Å². The van der Waals surface area contributed by atoms with E-state index in [9.17, 15) is 17.6 Å². The highest BCUT2D eigenvalue weighted by Gasteiger charge is 2.37. The summed E-state index contributed by atoms with van der Waals surface area (Å²) in [5.41, 5.74) is 1.24.